The first-order valence-electron chi connectivity index (χ1n) is 17.9. The highest BCUT2D eigenvalue weighted by Crippen LogP contribution is 2.69. The lowest BCUT2D eigenvalue weighted by Gasteiger charge is -2.64. The molecule has 8 nitrogen and oxygen atoms in total. The van der Waals surface area contributed by atoms with Gasteiger partial charge >= 0.3 is 6.09 Å². The predicted octanol–water partition coefficient (Wildman–Crippen LogP) is 5.85. The van der Waals surface area contributed by atoms with Crippen LogP contribution in [0.3, 0.4) is 0 Å². The fourth-order valence-corrected chi connectivity index (χ4v) is 12.7. The van der Waals surface area contributed by atoms with Crippen molar-refractivity contribution in [2.75, 3.05) is 13.2 Å². The Balaban J connectivity index is 1.09. The third-order valence-corrected chi connectivity index (χ3v) is 15.6. The Morgan fingerprint density at radius 2 is 1.72 bits per heavy atom. The van der Waals surface area contributed by atoms with E-state index in [2.05, 4.69) is 32.4 Å². The predicted molar refractivity (Wildman–Crippen MR) is 176 cm³/mol. The summed E-state index contributed by atoms with van der Waals surface area (Å²) in [6.45, 7) is 11.4. The third-order valence-electron chi connectivity index (χ3n) is 14.3. The molecule has 1 aromatic rings. The average molecular weight is 660 g/mol. The van der Waals surface area contributed by atoms with E-state index in [-0.39, 0.29) is 64.3 Å². The van der Waals surface area contributed by atoms with Gasteiger partial charge in [-0.15, -0.1) is 0 Å². The maximum absolute atomic E-state index is 13.1. The highest BCUT2D eigenvalue weighted by Gasteiger charge is 2.65. The number of amides is 1. The van der Waals surface area contributed by atoms with Gasteiger partial charge in [0.05, 0.1) is 23.7 Å². The van der Waals surface area contributed by atoms with Crippen molar-refractivity contribution < 1.29 is 33.3 Å². The van der Waals surface area contributed by atoms with Crippen molar-refractivity contribution in [2.45, 2.75) is 122 Å². The van der Waals surface area contributed by atoms with E-state index in [0.29, 0.717) is 36.5 Å². The summed E-state index contributed by atoms with van der Waals surface area (Å²) in [7, 11) is -4.09. The van der Waals surface area contributed by atoms with Crippen LogP contribution in [0, 0.1) is 57.7 Å². The van der Waals surface area contributed by atoms with Gasteiger partial charge in [0.15, 0.2) is 0 Å². The first kappa shape index (κ1) is 34.2. The summed E-state index contributed by atoms with van der Waals surface area (Å²) in [6, 6.07) is 4.96. The van der Waals surface area contributed by atoms with Crippen LogP contribution in [-0.4, -0.2) is 55.3 Å². The van der Waals surface area contributed by atoms with Crippen LogP contribution in [0.5, 0.6) is 0 Å². The minimum absolute atomic E-state index is 0.0262. The summed E-state index contributed by atoms with van der Waals surface area (Å²) < 4.78 is 34.0. The molecule has 4 N–H and O–H groups in total. The zero-order chi connectivity index (χ0) is 33.2. The Bertz CT molecular complexity index is 1420. The number of carbonyl (C=O) groups excluding carboxylic acids is 1. The molecule has 0 aliphatic heterocycles. The van der Waals surface area contributed by atoms with Gasteiger partial charge in [0.25, 0.3) is 10.0 Å². The van der Waals surface area contributed by atoms with Gasteiger partial charge in [-0.25, -0.2) is 17.9 Å². The van der Waals surface area contributed by atoms with E-state index < -0.39 is 16.1 Å². The van der Waals surface area contributed by atoms with Crippen LogP contribution in [0.15, 0.2) is 23.1 Å². The van der Waals surface area contributed by atoms with Gasteiger partial charge in [0.2, 0.25) is 0 Å². The summed E-state index contributed by atoms with van der Waals surface area (Å²) in [5.74, 6) is 2.07. The second kappa shape index (κ2) is 12.3. The molecule has 0 radical (unpaired) electrons. The third kappa shape index (κ3) is 5.73. The van der Waals surface area contributed by atoms with Crippen LogP contribution in [-0.2, 0) is 27.6 Å². The zero-order valence-corrected chi connectivity index (χ0v) is 29.3. The number of hydrogen-bond acceptors (Lipinski definition) is 7. The molecule has 0 bridgehead atoms. The largest absolute Gasteiger partial charge is 0.449 e. The van der Waals surface area contributed by atoms with E-state index >= 15 is 0 Å². The fourth-order valence-electron chi connectivity index (χ4n) is 11.7. The molecule has 4 fully saturated rings. The fraction of sp³-hybridized carbons (Fsp3) is 0.811. The number of sulfonamides is 1. The lowest BCUT2D eigenvalue weighted by Crippen LogP contribution is -2.62. The van der Waals surface area contributed by atoms with E-state index in [1.54, 1.807) is 12.1 Å². The second-order valence-corrected chi connectivity index (χ2v) is 18.6. The number of aliphatic hydroxyl groups excluding tert-OH is 3. The molecule has 5 aliphatic rings. The number of hydrogen-bond donors (Lipinski definition) is 4. The molecule has 5 aliphatic carbocycles. The summed E-state index contributed by atoms with van der Waals surface area (Å²) in [6.07, 6.45) is 8.45. The molecule has 258 valence electrons. The summed E-state index contributed by atoms with van der Waals surface area (Å²) in [5, 5.41) is 32.2. The van der Waals surface area contributed by atoms with E-state index in [1.807, 2.05) is 6.92 Å². The van der Waals surface area contributed by atoms with Gasteiger partial charge in [-0.1, -0.05) is 47.1 Å². The van der Waals surface area contributed by atoms with Crippen LogP contribution < -0.4 is 4.72 Å². The van der Waals surface area contributed by atoms with Crippen LogP contribution in [0.1, 0.15) is 104 Å². The van der Waals surface area contributed by atoms with Gasteiger partial charge in [-0.2, -0.15) is 0 Å². The van der Waals surface area contributed by atoms with Gasteiger partial charge in [-0.05, 0) is 145 Å². The van der Waals surface area contributed by atoms with Crippen molar-refractivity contribution in [3.05, 3.63) is 29.3 Å². The van der Waals surface area contributed by atoms with E-state index in [0.717, 1.165) is 68.9 Å². The maximum atomic E-state index is 13.1. The highest BCUT2D eigenvalue weighted by atomic mass is 32.2. The van der Waals surface area contributed by atoms with Crippen LogP contribution >= 0.6 is 0 Å². The summed E-state index contributed by atoms with van der Waals surface area (Å²) in [5.41, 5.74) is 1.95. The lowest BCUT2D eigenvalue weighted by atomic mass is 9.41. The molecule has 0 aromatic heterocycles. The van der Waals surface area contributed by atoms with Crippen molar-refractivity contribution in [3.63, 3.8) is 0 Å². The van der Waals surface area contributed by atoms with Crippen LogP contribution in [0.4, 0.5) is 4.79 Å². The minimum Gasteiger partial charge on any atom is -0.449 e. The van der Waals surface area contributed by atoms with E-state index in [1.165, 1.54) is 6.07 Å². The monoisotopic (exact) mass is 659 g/mol. The molecular weight excluding hydrogens is 602 g/mol. The van der Waals surface area contributed by atoms with Crippen molar-refractivity contribution in [2.24, 2.45) is 57.7 Å². The minimum atomic E-state index is -4.09. The summed E-state index contributed by atoms with van der Waals surface area (Å²) >= 11 is 0. The van der Waals surface area contributed by atoms with E-state index in [9.17, 15) is 28.5 Å². The number of aliphatic hydroxyl groups is 3. The van der Waals surface area contributed by atoms with Gasteiger partial charge in [-0.3, -0.25) is 0 Å². The summed E-state index contributed by atoms with van der Waals surface area (Å²) in [4.78, 5) is 12.9. The molecule has 9 heteroatoms. The molecule has 1 amide bonds. The maximum Gasteiger partial charge on any atom is 0.421 e. The molecule has 1 aromatic carbocycles. The molecule has 1 unspecified atom stereocenters. The van der Waals surface area contributed by atoms with Gasteiger partial charge < -0.3 is 20.1 Å². The second-order valence-electron chi connectivity index (χ2n) is 16.9. The molecule has 4 saturated carbocycles. The highest BCUT2D eigenvalue weighted by molar-refractivity contribution is 7.90. The topological polar surface area (TPSA) is 133 Å². The van der Waals surface area contributed by atoms with Crippen molar-refractivity contribution >= 4 is 16.1 Å². The Morgan fingerprint density at radius 3 is 2.43 bits per heavy atom. The lowest BCUT2D eigenvalue weighted by molar-refractivity contribution is -0.203. The standard InChI is InChI=1S/C37H57NO7S/c1-6-27-31-18-25(40)12-15-37(31,5)30-13-16-36(4)28(9-10-29(36)32(30)33(27)41)22(2)20-45-34(42)38-46(43,44)26-8-7-24-19-35(3,21-39)14-11-23(24)17-26/h7-8,17,22,25,27-33,39-41H,6,9-16,18-21H2,1-5H3,(H,38,42)/t22-,25-,27-,28-,29+,30+,31+,32+,33-,35?,36-,37-/m1/s1. The van der Waals surface area contributed by atoms with Gasteiger partial charge in [0, 0.05) is 6.61 Å². The number of aryl methyl sites for hydroxylation is 1. The van der Waals surface area contributed by atoms with Crippen LogP contribution in [0.25, 0.3) is 0 Å². The quantitative estimate of drug-likeness (QED) is 0.289. The Kier molecular flexibility index (Phi) is 9.17. The number of fused-ring (bicyclic) bond motifs is 6. The Hall–Kier alpha value is -1.68. The average Bonchev–Trinajstić information content (AvgIpc) is 3.37. The number of rotatable bonds is 7. The molecule has 0 spiro atoms. The number of carbonyl (C=O) groups is 1. The van der Waals surface area contributed by atoms with Crippen molar-refractivity contribution in [3.8, 4) is 0 Å². The molecule has 0 heterocycles. The SMILES string of the molecule is CC[C@H]1[C@@H](O)[C@@H]2[C@H](CC[C@]3(C)[C@@H]([C@H](C)COC(=O)NS(=O)(=O)c4ccc5c(c4)CCC(C)(CO)C5)CC[C@@H]23)[C@@]2(C)CC[C@@H](O)C[C@@H]12. The normalized spacial score (nSPS) is 42.6. The number of benzene rings is 1. The van der Waals surface area contributed by atoms with Crippen molar-refractivity contribution in [1.82, 2.24) is 4.72 Å². The molecule has 0 saturated heterocycles. The first-order chi connectivity index (χ1) is 21.7. The number of nitrogens with one attached hydrogen (secondary N) is 1. The van der Waals surface area contributed by atoms with E-state index in [4.69, 9.17) is 4.74 Å². The Morgan fingerprint density at radius 1 is 1.00 bits per heavy atom. The van der Waals surface area contributed by atoms with Crippen LogP contribution in [0.2, 0.25) is 0 Å². The number of ether oxygens (including phenoxy) is 1. The molecule has 6 rings (SSSR count). The first-order valence-corrected chi connectivity index (χ1v) is 19.4. The Labute approximate surface area is 276 Å². The van der Waals surface area contributed by atoms with Crippen molar-refractivity contribution in [1.29, 1.82) is 0 Å². The zero-order valence-electron chi connectivity index (χ0n) is 28.5. The molecule has 46 heavy (non-hydrogen) atoms. The smallest absolute Gasteiger partial charge is 0.421 e. The molecule has 12 atom stereocenters. The van der Waals surface area contributed by atoms with Gasteiger partial charge in [0.1, 0.15) is 0 Å². The molecular formula is C37H57NO7S.